The first-order chi connectivity index (χ1) is 16.0. The quantitative estimate of drug-likeness (QED) is 0.294. The second-order valence-electron chi connectivity index (χ2n) is 8.16. The smallest absolute Gasteiger partial charge is 0.305 e. The zero-order valence-electron chi connectivity index (χ0n) is 18.6. The highest BCUT2D eigenvalue weighted by atomic mass is 32.1. The number of carbonyl (C=O) groups excluding carboxylic acids is 1. The Labute approximate surface area is 197 Å². The van der Waals surface area contributed by atoms with Crippen LogP contribution in [0.25, 0.3) is 21.2 Å². The molecule has 4 aromatic rings. The Morgan fingerprint density at radius 2 is 1.67 bits per heavy atom. The fraction of sp³-hybridized carbons (Fsp3) is 0.214. The summed E-state index contributed by atoms with van der Waals surface area (Å²) in [7, 11) is 0. The van der Waals surface area contributed by atoms with E-state index in [1.165, 1.54) is 32.3 Å². The molecule has 2 N–H and O–H groups in total. The van der Waals surface area contributed by atoms with Crippen molar-refractivity contribution < 1.29 is 14.7 Å². The number of benzene rings is 3. The maximum absolute atomic E-state index is 12.3. The molecule has 0 radical (unpaired) electrons. The summed E-state index contributed by atoms with van der Waals surface area (Å²) < 4.78 is 0. The van der Waals surface area contributed by atoms with Crippen LogP contribution >= 0.6 is 11.3 Å². The lowest BCUT2D eigenvalue weighted by Gasteiger charge is -2.19. The van der Waals surface area contributed by atoms with Crippen molar-refractivity contribution in [3.05, 3.63) is 94.9 Å². The largest absolute Gasteiger partial charge is 0.481 e. The molecule has 0 spiro atoms. The first-order valence-corrected chi connectivity index (χ1v) is 12.1. The number of carbonyl (C=O) groups is 2. The predicted molar refractivity (Wildman–Crippen MR) is 135 cm³/mol. The summed E-state index contributed by atoms with van der Waals surface area (Å²) in [4.78, 5) is 24.2. The summed E-state index contributed by atoms with van der Waals surface area (Å²) in [6.07, 6.45) is 1.99. The van der Waals surface area contributed by atoms with Crippen molar-refractivity contribution in [1.82, 2.24) is 5.32 Å². The summed E-state index contributed by atoms with van der Waals surface area (Å²) in [5.41, 5.74) is 4.23. The molecule has 4 rings (SSSR count). The van der Waals surface area contributed by atoms with Gasteiger partial charge < -0.3 is 10.4 Å². The summed E-state index contributed by atoms with van der Waals surface area (Å²) in [6.45, 7) is 2.31. The van der Waals surface area contributed by atoms with Crippen molar-refractivity contribution in [3.63, 3.8) is 0 Å². The molecule has 168 valence electrons. The maximum Gasteiger partial charge on any atom is 0.305 e. The maximum atomic E-state index is 12.3. The van der Waals surface area contributed by atoms with Crippen molar-refractivity contribution in [1.29, 1.82) is 0 Å². The lowest BCUT2D eigenvalue weighted by atomic mass is 9.86. The molecule has 0 fully saturated rings. The van der Waals surface area contributed by atoms with Gasteiger partial charge >= 0.3 is 5.97 Å². The van der Waals surface area contributed by atoms with Crippen molar-refractivity contribution in [2.75, 3.05) is 6.54 Å². The number of hydrogen-bond acceptors (Lipinski definition) is 3. The van der Waals surface area contributed by atoms with Crippen LogP contribution in [-0.2, 0) is 4.79 Å². The lowest BCUT2D eigenvalue weighted by molar-refractivity contribution is -0.136. The van der Waals surface area contributed by atoms with Crippen LogP contribution in [0.3, 0.4) is 0 Å². The van der Waals surface area contributed by atoms with Crippen molar-refractivity contribution in [2.24, 2.45) is 0 Å². The minimum Gasteiger partial charge on any atom is -0.481 e. The summed E-state index contributed by atoms with van der Waals surface area (Å²) >= 11 is 1.75. The number of rotatable bonds is 9. The molecule has 1 unspecified atom stereocenters. The van der Waals surface area contributed by atoms with Gasteiger partial charge in [-0.05, 0) is 63.5 Å². The number of carboxylic acids is 1. The highest BCUT2D eigenvalue weighted by Crippen LogP contribution is 2.33. The highest BCUT2D eigenvalue weighted by Gasteiger charge is 2.15. The molecule has 4 nitrogen and oxygen atoms in total. The van der Waals surface area contributed by atoms with E-state index in [-0.39, 0.29) is 24.8 Å². The van der Waals surface area contributed by atoms with E-state index in [0.29, 0.717) is 5.56 Å². The number of hydrogen-bond donors (Lipinski definition) is 2. The molecule has 1 aromatic heterocycles. The number of fused-ring (bicyclic) bond motifs is 1. The topological polar surface area (TPSA) is 66.4 Å². The van der Waals surface area contributed by atoms with E-state index in [2.05, 4.69) is 66.2 Å². The molecule has 3 aromatic carbocycles. The zero-order valence-corrected chi connectivity index (χ0v) is 19.4. The standard InChI is InChI=1S/C28H27NO3S/c1-2-4-25(19-6-8-20(9-7-19)28(32)29-15-14-27(30)31)23-12-10-22-18-24(13-11-21(22)17-23)26-5-3-16-33-26/h3,5-13,16-18,25H,2,4,14-15H2,1H3,(H,29,32)(H,30,31). The van der Waals surface area contributed by atoms with E-state index < -0.39 is 5.97 Å². The van der Waals surface area contributed by atoms with E-state index in [1.54, 1.807) is 11.3 Å². The van der Waals surface area contributed by atoms with Gasteiger partial charge in [0.2, 0.25) is 0 Å². The van der Waals surface area contributed by atoms with Gasteiger partial charge in [0, 0.05) is 22.9 Å². The normalized spacial score (nSPS) is 11.9. The summed E-state index contributed by atoms with van der Waals surface area (Å²) in [5, 5.41) is 15.9. The van der Waals surface area contributed by atoms with Gasteiger partial charge in [0.1, 0.15) is 0 Å². The number of aliphatic carboxylic acids is 1. The molecule has 0 bridgehead atoms. The van der Waals surface area contributed by atoms with Crippen LogP contribution in [0.15, 0.2) is 78.2 Å². The van der Waals surface area contributed by atoms with Gasteiger partial charge in [0.15, 0.2) is 0 Å². The van der Waals surface area contributed by atoms with Crippen molar-refractivity contribution >= 4 is 34.0 Å². The predicted octanol–water partition coefficient (Wildman–Crippen LogP) is 6.70. The van der Waals surface area contributed by atoms with Gasteiger partial charge in [0.25, 0.3) is 5.91 Å². The zero-order chi connectivity index (χ0) is 23.2. The third kappa shape index (κ3) is 5.49. The van der Waals surface area contributed by atoms with Crippen LogP contribution in [0.2, 0.25) is 0 Å². The summed E-state index contributed by atoms with van der Waals surface area (Å²) in [5.74, 6) is -0.922. The van der Waals surface area contributed by atoms with E-state index in [4.69, 9.17) is 5.11 Å². The monoisotopic (exact) mass is 457 g/mol. The molecule has 1 heterocycles. The Morgan fingerprint density at radius 1 is 0.939 bits per heavy atom. The van der Waals surface area contributed by atoms with Gasteiger partial charge in [-0.15, -0.1) is 11.3 Å². The highest BCUT2D eigenvalue weighted by molar-refractivity contribution is 7.13. The van der Waals surface area contributed by atoms with Crippen LogP contribution in [-0.4, -0.2) is 23.5 Å². The van der Waals surface area contributed by atoms with Crippen LogP contribution < -0.4 is 5.32 Å². The lowest BCUT2D eigenvalue weighted by Crippen LogP contribution is -2.25. The first kappa shape index (κ1) is 22.7. The Morgan fingerprint density at radius 3 is 2.36 bits per heavy atom. The number of thiophene rings is 1. The Hall–Kier alpha value is -3.44. The van der Waals surface area contributed by atoms with E-state index in [1.807, 2.05) is 24.3 Å². The molecule has 5 heteroatoms. The molecule has 0 saturated carbocycles. The molecule has 33 heavy (non-hydrogen) atoms. The molecule has 1 amide bonds. The van der Waals surface area contributed by atoms with Gasteiger partial charge in [-0.3, -0.25) is 9.59 Å². The first-order valence-electron chi connectivity index (χ1n) is 11.2. The number of carboxylic acid groups (broad SMARTS) is 1. The van der Waals surface area contributed by atoms with Crippen molar-refractivity contribution in [3.8, 4) is 10.4 Å². The minimum absolute atomic E-state index is 0.0841. The number of nitrogens with one attached hydrogen (secondary N) is 1. The van der Waals surface area contributed by atoms with Crippen LogP contribution in [0.4, 0.5) is 0 Å². The van der Waals surface area contributed by atoms with E-state index in [0.717, 1.165) is 12.8 Å². The molecular formula is C28H27NO3S. The second kappa shape index (κ2) is 10.5. The molecule has 0 aliphatic rings. The summed E-state index contributed by atoms with van der Waals surface area (Å²) in [6, 6.07) is 25.2. The van der Waals surface area contributed by atoms with Gasteiger partial charge in [-0.2, -0.15) is 0 Å². The molecule has 0 aliphatic carbocycles. The second-order valence-corrected chi connectivity index (χ2v) is 9.11. The van der Waals surface area contributed by atoms with Gasteiger partial charge in [-0.25, -0.2) is 0 Å². The fourth-order valence-electron chi connectivity index (χ4n) is 4.14. The van der Waals surface area contributed by atoms with Gasteiger partial charge in [0.05, 0.1) is 6.42 Å². The minimum atomic E-state index is -0.925. The van der Waals surface area contributed by atoms with Gasteiger partial charge in [-0.1, -0.05) is 61.9 Å². The van der Waals surface area contributed by atoms with Crippen LogP contribution in [0, 0.1) is 0 Å². The molecule has 0 aliphatic heterocycles. The third-order valence-electron chi connectivity index (χ3n) is 5.85. The third-order valence-corrected chi connectivity index (χ3v) is 6.77. The molecule has 0 saturated heterocycles. The van der Waals surface area contributed by atoms with E-state index in [9.17, 15) is 9.59 Å². The fourth-order valence-corrected chi connectivity index (χ4v) is 4.87. The average Bonchev–Trinajstić information content (AvgIpc) is 3.37. The van der Waals surface area contributed by atoms with Crippen molar-refractivity contribution in [2.45, 2.75) is 32.1 Å². The SMILES string of the molecule is CCCC(c1ccc(C(=O)NCCC(=O)O)cc1)c1ccc2cc(-c3cccs3)ccc2c1. The molecule has 1 atom stereocenters. The van der Waals surface area contributed by atoms with Crippen LogP contribution in [0.5, 0.6) is 0 Å². The average molecular weight is 458 g/mol. The number of amides is 1. The van der Waals surface area contributed by atoms with Crippen LogP contribution in [0.1, 0.15) is 53.6 Å². The Balaban J connectivity index is 1.55. The van der Waals surface area contributed by atoms with E-state index >= 15 is 0 Å². The Kier molecular flexibility index (Phi) is 7.20. The molecular weight excluding hydrogens is 430 g/mol. The Bertz CT molecular complexity index is 1250.